The molecule has 0 atom stereocenters. The van der Waals surface area contributed by atoms with E-state index in [-0.39, 0.29) is 6.03 Å². The maximum absolute atomic E-state index is 12.3. The molecule has 2 N–H and O–H groups in total. The van der Waals surface area contributed by atoms with Gasteiger partial charge >= 0.3 is 6.03 Å². The second-order valence-electron chi connectivity index (χ2n) is 6.89. The molecule has 6 nitrogen and oxygen atoms in total. The van der Waals surface area contributed by atoms with Gasteiger partial charge in [0, 0.05) is 22.4 Å². The summed E-state index contributed by atoms with van der Waals surface area (Å²) < 4.78 is 16.0. The molecule has 2 amide bonds. The van der Waals surface area contributed by atoms with Gasteiger partial charge in [0.1, 0.15) is 0 Å². The first-order valence-corrected chi connectivity index (χ1v) is 10.6. The van der Waals surface area contributed by atoms with Crippen LogP contribution in [0.2, 0.25) is 0 Å². The van der Waals surface area contributed by atoms with Gasteiger partial charge in [0.15, 0.2) is 11.5 Å². The van der Waals surface area contributed by atoms with Crippen LogP contribution in [-0.4, -0.2) is 32.6 Å². The first-order chi connectivity index (χ1) is 14.1. The van der Waals surface area contributed by atoms with E-state index in [1.165, 1.54) is 30.6 Å². The Morgan fingerprint density at radius 3 is 2.17 bits per heavy atom. The van der Waals surface area contributed by atoms with Gasteiger partial charge in [0.2, 0.25) is 5.75 Å². The quantitative estimate of drug-likeness (QED) is 0.629. The molecule has 0 radical (unpaired) electrons. The Labute approximate surface area is 176 Å². The SMILES string of the molecule is COc1cc(CNC(=O)Nc2ccc(SC3CCCC3)cc2)cc(OC)c1OC. The number of rotatable bonds is 8. The van der Waals surface area contributed by atoms with Crippen LogP contribution < -0.4 is 24.8 Å². The van der Waals surface area contributed by atoms with E-state index in [9.17, 15) is 4.79 Å². The number of amides is 2. The summed E-state index contributed by atoms with van der Waals surface area (Å²) in [7, 11) is 4.69. The second-order valence-corrected chi connectivity index (χ2v) is 8.26. The van der Waals surface area contributed by atoms with Crippen LogP contribution in [0.25, 0.3) is 0 Å². The summed E-state index contributed by atoms with van der Waals surface area (Å²) in [6.45, 7) is 0.332. The molecule has 0 unspecified atom stereocenters. The molecule has 7 heteroatoms. The highest BCUT2D eigenvalue weighted by molar-refractivity contribution is 8.00. The smallest absolute Gasteiger partial charge is 0.319 e. The van der Waals surface area contributed by atoms with Crippen molar-refractivity contribution >= 4 is 23.5 Å². The number of hydrogen-bond donors (Lipinski definition) is 2. The van der Waals surface area contributed by atoms with Crippen LogP contribution in [0.5, 0.6) is 17.2 Å². The number of thioether (sulfide) groups is 1. The minimum atomic E-state index is -0.269. The third-order valence-corrected chi connectivity index (χ3v) is 6.24. The first kappa shape index (κ1) is 21.2. The van der Waals surface area contributed by atoms with Crippen molar-refractivity contribution in [3.05, 3.63) is 42.0 Å². The minimum Gasteiger partial charge on any atom is -0.493 e. The molecular formula is C22H28N2O4S. The molecule has 3 rings (SSSR count). The van der Waals surface area contributed by atoms with E-state index in [1.807, 2.05) is 36.0 Å². The van der Waals surface area contributed by atoms with E-state index < -0.39 is 0 Å². The van der Waals surface area contributed by atoms with Crippen molar-refractivity contribution in [2.24, 2.45) is 0 Å². The molecule has 0 aromatic heterocycles. The predicted molar refractivity (Wildman–Crippen MR) is 117 cm³/mol. The Morgan fingerprint density at radius 1 is 1.00 bits per heavy atom. The zero-order valence-electron chi connectivity index (χ0n) is 17.1. The summed E-state index contributed by atoms with van der Waals surface area (Å²) in [4.78, 5) is 13.5. The summed E-state index contributed by atoms with van der Waals surface area (Å²) in [6, 6.07) is 11.4. The highest BCUT2D eigenvalue weighted by atomic mass is 32.2. The summed E-state index contributed by atoms with van der Waals surface area (Å²) in [5, 5.41) is 6.45. The van der Waals surface area contributed by atoms with Crippen LogP contribution in [0.15, 0.2) is 41.3 Å². The molecule has 0 spiro atoms. The number of carbonyl (C=O) groups excluding carboxylic acids is 1. The van der Waals surface area contributed by atoms with Gasteiger partial charge in [-0.2, -0.15) is 0 Å². The summed E-state index contributed by atoms with van der Waals surface area (Å²) in [5.74, 6) is 1.64. The lowest BCUT2D eigenvalue weighted by Gasteiger charge is -2.15. The fraction of sp³-hybridized carbons (Fsp3) is 0.409. The van der Waals surface area contributed by atoms with Crippen molar-refractivity contribution in [1.82, 2.24) is 5.32 Å². The number of ether oxygens (including phenoxy) is 3. The van der Waals surface area contributed by atoms with Crippen molar-refractivity contribution in [3.63, 3.8) is 0 Å². The van der Waals surface area contributed by atoms with E-state index in [0.717, 1.165) is 16.5 Å². The third-order valence-electron chi connectivity index (χ3n) is 4.89. The van der Waals surface area contributed by atoms with E-state index in [1.54, 1.807) is 21.3 Å². The monoisotopic (exact) mass is 416 g/mol. The molecule has 0 saturated heterocycles. The Bertz CT molecular complexity index is 795. The fourth-order valence-electron chi connectivity index (χ4n) is 3.41. The predicted octanol–water partition coefficient (Wildman–Crippen LogP) is 5.07. The molecule has 1 fully saturated rings. The van der Waals surface area contributed by atoms with Gasteiger partial charge in [-0.1, -0.05) is 12.8 Å². The fourth-order valence-corrected chi connectivity index (χ4v) is 4.66. The molecule has 156 valence electrons. The number of methoxy groups -OCH3 is 3. The van der Waals surface area contributed by atoms with Crippen molar-refractivity contribution < 1.29 is 19.0 Å². The number of carbonyl (C=O) groups is 1. The maximum atomic E-state index is 12.3. The standard InChI is InChI=1S/C22H28N2O4S/c1-26-19-12-15(13-20(27-2)21(19)28-3)14-23-22(25)24-16-8-10-18(11-9-16)29-17-6-4-5-7-17/h8-13,17H,4-7,14H2,1-3H3,(H2,23,24,25). The molecule has 0 aliphatic heterocycles. The van der Waals surface area contributed by atoms with Crippen LogP contribution in [0, 0.1) is 0 Å². The molecule has 29 heavy (non-hydrogen) atoms. The molecule has 2 aromatic rings. The van der Waals surface area contributed by atoms with Crippen molar-refractivity contribution in [1.29, 1.82) is 0 Å². The van der Waals surface area contributed by atoms with Gasteiger partial charge in [0.25, 0.3) is 0 Å². The lowest BCUT2D eigenvalue weighted by molar-refractivity contribution is 0.251. The molecule has 1 saturated carbocycles. The van der Waals surface area contributed by atoms with Gasteiger partial charge in [-0.15, -0.1) is 11.8 Å². The molecular weight excluding hydrogens is 388 g/mol. The van der Waals surface area contributed by atoms with Crippen LogP contribution in [-0.2, 0) is 6.54 Å². The average molecular weight is 417 g/mol. The Morgan fingerprint density at radius 2 is 1.62 bits per heavy atom. The number of anilines is 1. The van der Waals surface area contributed by atoms with Crippen molar-refractivity contribution in [2.75, 3.05) is 26.6 Å². The number of nitrogens with one attached hydrogen (secondary N) is 2. The topological polar surface area (TPSA) is 68.8 Å². The lowest BCUT2D eigenvalue weighted by atomic mass is 10.2. The second kappa shape index (κ2) is 10.3. The summed E-state index contributed by atoms with van der Waals surface area (Å²) >= 11 is 1.93. The van der Waals surface area contributed by atoms with E-state index in [2.05, 4.69) is 22.8 Å². The molecule has 1 aliphatic rings. The van der Waals surface area contributed by atoms with Gasteiger partial charge in [-0.05, 0) is 54.8 Å². The largest absolute Gasteiger partial charge is 0.493 e. The highest BCUT2D eigenvalue weighted by Crippen LogP contribution is 2.38. The third kappa shape index (κ3) is 5.73. The van der Waals surface area contributed by atoms with E-state index in [0.29, 0.717) is 23.8 Å². The molecule has 1 aliphatic carbocycles. The maximum Gasteiger partial charge on any atom is 0.319 e. The van der Waals surface area contributed by atoms with Crippen LogP contribution >= 0.6 is 11.8 Å². The normalized spacial score (nSPS) is 13.8. The van der Waals surface area contributed by atoms with Crippen molar-refractivity contribution in [3.8, 4) is 17.2 Å². The minimum absolute atomic E-state index is 0.269. The van der Waals surface area contributed by atoms with Crippen LogP contribution in [0.3, 0.4) is 0 Å². The Kier molecular flexibility index (Phi) is 7.52. The van der Waals surface area contributed by atoms with Gasteiger partial charge < -0.3 is 24.8 Å². The van der Waals surface area contributed by atoms with Gasteiger partial charge in [-0.3, -0.25) is 0 Å². The average Bonchev–Trinajstić information content (AvgIpc) is 3.25. The number of urea groups is 1. The van der Waals surface area contributed by atoms with E-state index >= 15 is 0 Å². The first-order valence-electron chi connectivity index (χ1n) is 9.73. The Hall–Kier alpha value is -2.54. The molecule has 0 bridgehead atoms. The van der Waals surface area contributed by atoms with E-state index in [4.69, 9.17) is 14.2 Å². The highest BCUT2D eigenvalue weighted by Gasteiger charge is 2.16. The zero-order valence-corrected chi connectivity index (χ0v) is 17.9. The number of hydrogen-bond acceptors (Lipinski definition) is 5. The van der Waals surface area contributed by atoms with Crippen molar-refractivity contribution in [2.45, 2.75) is 42.4 Å². The van der Waals surface area contributed by atoms with Crippen LogP contribution in [0.1, 0.15) is 31.2 Å². The molecule has 2 aromatic carbocycles. The number of benzene rings is 2. The summed E-state index contributed by atoms with van der Waals surface area (Å²) in [5.41, 5.74) is 1.61. The lowest BCUT2D eigenvalue weighted by Crippen LogP contribution is -2.28. The van der Waals surface area contributed by atoms with Gasteiger partial charge in [-0.25, -0.2) is 4.79 Å². The zero-order chi connectivity index (χ0) is 20.6. The summed E-state index contributed by atoms with van der Waals surface area (Å²) in [6.07, 6.45) is 5.27. The Balaban J connectivity index is 1.54. The van der Waals surface area contributed by atoms with Gasteiger partial charge in [0.05, 0.1) is 21.3 Å². The molecule has 0 heterocycles. The van der Waals surface area contributed by atoms with Crippen LogP contribution in [0.4, 0.5) is 10.5 Å².